The molecule has 2 aromatic rings. The van der Waals surface area contributed by atoms with Gasteiger partial charge in [0.15, 0.2) is 0 Å². The molecule has 0 bridgehead atoms. The molecule has 0 heterocycles. The van der Waals surface area contributed by atoms with Gasteiger partial charge in [0, 0.05) is 4.47 Å². The Morgan fingerprint density at radius 1 is 1.11 bits per heavy atom. The fourth-order valence-electron chi connectivity index (χ4n) is 2.44. The van der Waals surface area contributed by atoms with Crippen molar-refractivity contribution in [3.63, 3.8) is 0 Å². The zero-order valence-corrected chi connectivity index (χ0v) is 12.9. The van der Waals surface area contributed by atoms with Gasteiger partial charge in [-0.2, -0.15) is 0 Å². The van der Waals surface area contributed by atoms with Crippen molar-refractivity contribution in [2.75, 3.05) is 0 Å². The summed E-state index contributed by atoms with van der Waals surface area (Å²) in [5.74, 6) is 5.73. The van der Waals surface area contributed by atoms with E-state index in [4.69, 9.17) is 5.84 Å². The van der Waals surface area contributed by atoms with Crippen LogP contribution in [-0.2, 0) is 6.42 Å². The Kier molecular flexibility index (Phi) is 4.75. The number of hydrogen-bond donors (Lipinski definition) is 2. The van der Waals surface area contributed by atoms with Crippen molar-refractivity contribution in [2.45, 2.75) is 26.3 Å². The van der Waals surface area contributed by atoms with E-state index in [1.54, 1.807) is 0 Å². The first kappa shape index (κ1) is 14.3. The Bertz CT molecular complexity index is 546. The summed E-state index contributed by atoms with van der Waals surface area (Å²) >= 11 is 3.58. The fraction of sp³-hybridized carbons (Fsp3) is 0.250. The predicted molar refractivity (Wildman–Crippen MR) is 83.8 cm³/mol. The van der Waals surface area contributed by atoms with Crippen LogP contribution in [-0.4, -0.2) is 0 Å². The van der Waals surface area contributed by atoms with Crippen LogP contribution < -0.4 is 11.3 Å². The van der Waals surface area contributed by atoms with Gasteiger partial charge in [-0.05, 0) is 37.5 Å². The van der Waals surface area contributed by atoms with Crippen molar-refractivity contribution in [1.29, 1.82) is 0 Å². The van der Waals surface area contributed by atoms with Gasteiger partial charge in [-0.25, -0.2) is 0 Å². The number of nitrogens with two attached hydrogens (primary N) is 1. The average Bonchev–Trinajstić information content (AvgIpc) is 2.36. The van der Waals surface area contributed by atoms with Gasteiger partial charge in [-0.3, -0.25) is 11.3 Å². The second kappa shape index (κ2) is 6.33. The number of benzene rings is 2. The minimum Gasteiger partial charge on any atom is -0.271 e. The highest BCUT2D eigenvalue weighted by atomic mass is 79.9. The van der Waals surface area contributed by atoms with E-state index < -0.39 is 0 Å². The predicted octanol–water partition coefficient (Wildman–Crippen LogP) is 3.81. The zero-order chi connectivity index (χ0) is 13.8. The smallest absolute Gasteiger partial charge is 0.0511 e. The topological polar surface area (TPSA) is 38.0 Å². The summed E-state index contributed by atoms with van der Waals surface area (Å²) in [5.41, 5.74) is 7.98. The van der Waals surface area contributed by atoms with Gasteiger partial charge in [-0.15, -0.1) is 0 Å². The number of halogens is 1. The van der Waals surface area contributed by atoms with Gasteiger partial charge < -0.3 is 0 Å². The molecule has 0 saturated heterocycles. The van der Waals surface area contributed by atoms with Gasteiger partial charge >= 0.3 is 0 Å². The molecule has 0 spiro atoms. The summed E-state index contributed by atoms with van der Waals surface area (Å²) in [6.45, 7) is 4.25. The largest absolute Gasteiger partial charge is 0.271 e. The summed E-state index contributed by atoms with van der Waals surface area (Å²) in [4.78, 5) is 0. The Balaban J connectivity index is 2.26. The lowest BCUT2D eigenvalue weighted by molar-refractivity contribution is 0.550. The van der Waals surface area contributed by atoms with Crippen LogP contribution in [0.5, 0.6) is 0 Å². The van der Waals surface area contributed by atoms with Crippen molar-refractivity contribution in [3.05, 3.63) is 69.2 Å². The number of hydrogen-bond acceptors (Lipinski definition) is 2. The Morgan fingerprint density at radius 3 is 2.32 bits per heavy atom. The van der Waals surface area contributed by atoms with Crippen molar-refractivity contribution < 1.29 is 0 Å². The Morgan fingerprint density at radius 2 is 1.74 bits per heavy atom. The van der Waals surface area contributed by atoms with Crippen LogP contribution in [0.15, 0.2) is 46.9 Å². The third kappa shape index (κ3) is 3.66. The van der Waals surface area contributed by atoms with E-state index in [1.165, 1.54) is 22.3 Å². The highest BCUT2D eigenvalue weighted by Gasteiger charge is 2.13. The van der Waals surface area contributed by atoms with Crippen LogP contribution in [0.2, 0.25) is 0 Å². The van der Waals surface area contributed by atoms with E-state index in [0.717, 1.165) is 10.9 Å². The molecule has 2 nitrogen and oxygen atoms in total. The number of nitrogens with one attached hydrogen (secondary N) is 1. The highest BCUT2D eigenvalue weighted by molar-refractivity contribution is 9.10. The number of rotatable bonds is 4. The molecule has 0 aliphatic rings. The van der Waals surface area contributed by atoms with Crippen molar-refractivity contribution >= 4 is 15.9 Å². The van der Waals surface area contributed by atoms with E-state index in [0.29, 0.717) is 0 Å². The van der Waals surface area contributed by atoms with Crippen molar-refractivity contribution in [1.82, 2.24) is 5.43 Å². The maximum atomic E-state index is 5.73. The van der Waals surface area contributed by atoms with Crippen LogP contribution in [0.1, 0.15) is 28.3 Å². The number of hydrazine groups is 1. The molecule has 0 aromatic heterocycles. The maximum absolute atomic E-state index is 5.73. The van der Waals surface area contributed by atoms with Crippen LogP contribution in [0, 0.1) is 13.8 Å². The lowest BCUT2D eigenvalue weighted by Gasteiger charge is -2.18. The van der Waals surface area contributed by atoms with E-state index in [1.807, 2.05) is 18.2 Å². The van der Waals surface area contributed by atoms with Gasteiger partial charge in [0.05, 0.1) is 6.04 Å². The van der Waals surface area contributed by atoms with Crippen LogP contribution in [0.3, 0.4) is 0 Å². The average molecular weight is 319 g/mol. The van der Waals surface area contributed by atoms with Crippen LogP contribution in [0.4, 0.5) is 0 Å². The lowest BCUT2D eigenvalue weighted by atomic mass is 9.97. The summed E-state index contributed by atoms with van der Waals surface area (Å²) in [7, 11) is 0. The standard InChI is InChI=1S/C16H19BrN2/c1-11-7-12(2)9-13(8-11)10-16(19-18)14-5-3-4-6-15(14)17/h3-9,16,19H,10,18H2,1-2H3. The molecule has 0 fully saturated rings. The Labute approximate surface area is 123 Å². The van der Waals surface area contributed by atoms with Gasteiger partial charge in [0.2, 0.25) is 0 Å². The van der Waals surface area contributed by atoms with Gasteiger partial charge in [0.1, 0.15) is 0 Å². The van der Waals surface area contributed by atoms with E-state index in [2.05, 4.69) is 59.5 Å². The molecular formula is C16H19BrN2. The minimum absolute atomic E-state index is 0.108. The molecule has 0 aliphatic heterocycles. The SMILES string of the molecule is Cc1cc(C)cc(CC(NN)c2ccccc2Br)c1. The fourth-order valence-corrected chi connectivity index (χ4v) is 3.00. The minimum atomic E-state index is 0.108. The highest BCUT2D eigenvalue weighted by Crippen LogP contribution is 2.26. The molecule has 1 atom stereocenters. The molecule has 3 heteroatoms. The van der Waals surface area contributed by atoms with Gasteiger partial charge in [0.25, 0.3) is 0 Å². The van der Waals surface area contributed by atoms with Gasteiger partial charge in [-0.1, -0.05) is 63.5 Å². The molecule has 19 heavy (non-hydrogen) atoms. The van der Waals surface area contributed by atoms with E-state index >= 15 is 0 Å². The molecule has 100 valence electrons. The lowest BCUT2D eigenvalue weighted by Crippen LogP contribution is -2.29. The quantitative estimate of drug-likeness (QED) is 0.664. The first-order chi connectivity index (χ1) is 9.10. The van der Waals surface area contributed by atoms with Crippen molar-refractivity contribution in [3.8, 4) is 0 Å². The second-order valence-corrected chi connectivity index (χ2v) is 5.80. The number of aryl methyl sites for hydroxylation is 2. The van der Waals surface area contributed by atoms with E-state index in [9.17, 15) is 0 Å². The van der Waals surface area contributed by atoms with Crippen LogP contribution >= 0.6 is 15.9 Å². The summed E-state index contributed by atoms with van der Waals surface area (Å²) in [5, 5.41) is 0. The third-order valence-electron chi connectivity index (χ3n) is 3.20. The van der Waals surface area contributed by atoms with Crippen molar-refractivity contribution in [2.24, 2.45) is 5.84 Å². The molecule has 0 aliphatic carbocycles. The maximum Gasteiger partial charge on any atom is 0.0511 e. The van der Waals surface area contributed by atoms with E-state index in [-0.39, 0.29) is 6.04 Å². The second-order valence-electron chi connectivity index (χ2n) is 4.94. The normalized spacial score (nSPS) is 12.4. The monoisotopic (exact) mass is 318 g/mol. The molecular weight excluding hydrogens is 300 g/mol. The van der Waals surface area contributed by atoms with Crippen LogP contribution in [0.25, 0.3) is 0 Å². The first-order valence-electron chi connectivity index (χ1n) is 6.38. The summed E-state index contributed by atoms with van der Waals surface area (Å²) in [6.07, 6.45) is 0.877. The molecule has 2 aromatic carbocycles. The summed E-state index contributed by atoms with van der Waals surface area (Å²) < 4.78 is 1.09. The molecule has 0 saturated carbocycles. The molecule has 2 rings (SSSR count). The molecule has 0 amide bonds. The molecule has 3 N–H and O–H groups in total. The third-order valence-corrected chi connectivity index (χ3v) is 3.93. The molecule has 1 unspecified atom stereocenters. The zero-order valence-electron chi connectivity index (χ0n) is 11.3. The molecule has 0 radical (unpaired) electrons. The Hall–Kier alpha value is -1.16. The summed E-state index contributed by atoms with van der Waals surface area (Å²) in [6, 6.07) is 14.9. The first-order valence-corrected chi connectivity index (χ1v) is 7.17.